The Bertz CT molecular complexity index is 1190. The van der Waals surface area contributed by atoms with E-state index in [1.165, 1.54) is 55.9 Å². The van der Waals surface area contributed by atoms with Crippen LogP contribution in [0.5, 0.6) is 0 Å². The summed E-state index contributed by atoms with van der Waals surface area (Å²) in [6, 6.07) is 31.1. The van der Waals surface area contributed by atoms with Crippen LogP contribution in [0.1, 0.15) is 56.6 Å². The van der Waals surface area contributed by atoms with Crippen molar-refractivity contribution in [1.82, 2.24) is 0 Å². The summed E-state index contributed by atoms with van der Waals surface area (Å²) in [5.74, 6) is 0. The van der Waals surface area contributed by atoms with Crippen LogP contribution in [0.3, 0.4) is 0 Å². The maximum Gasteiger partial charge on any atom is 0.210 e. The molecular formula is C33H34N2. The van der Waals surface area contributed by atoms with Crippen molar-refractivity contribution in [1.29, 1.82) is 0 Å². The highest BCUT2D eigenvalue weighted by molar-refractivity contribution is 5.72. The van der Waals surface area contributed by atoms with Gasteiger partial charge >= 0.3 is 0 Å². The summed E-state index contributed by atoms with van der Waals surface area (Å²) in [5, 5.41) is 0. The van der Waals surface area contributed by atoms with Gasteiger partial charge in [0.2, 0.25) is 6.67 Å². The Morgan fingerprint density at radius 3 is 1.11 bits per heavy atom. The van der Waals surface area contributed by atoms with Crippen LogP contribution in [0.25, 0.3) is 0 Å². The number of aryl methyl sites for hydroxylation is 6. The molecule has 1 aliphatic rings. The molecule has 35 heavy (non-hydrogen) atoms. The molecule has 2 nitrogen and oxygen atoms in total. The number of hydrogen-bond donors (Lipinski definition) is 0. The molecule has 176 valence electrons. The van der Waals surface area contributed by atoms with Crippen LogP contribution in [-0.2, 0) is 0 Å². The maximum absolute atomic E-state index is 3.89. The summed E-state index contributed by atoms with van der Waals surface area (Å²) < 4.78 is 0. The van der Waals surface area contributed by atoms with Gasteiger partial charge < -0.3 is 9.80 Å². The van der Waals surface area contributed by atoms with E-state index in [0.29, 0.717) is 0 Å². The predicted octanol–water partition coefficient (Wildman–Crippen LogP) is 8.34. The van der Waals surface area contributed by atoms with Crippen LogP contribution >= 0.6 is 0 Å². The molecule has 5 rings (SSSR count). The molecule has 0 amide bonds. The molecule has 0 N–H and O–H groups in total. The van der Waals surface area contributed by atoms with E-state index in [0.717, 1.165) is 0 Å². The van der Waals surface area contributed by atoms with Crippen LogP contribution in [0, 0.1) is 48.2 Å². The number of anilines is 2. The minimum absolute atomic E-state index is 0.0822. The Kier molecular flexibility index (Phi) is 6.15. The van der Waals surface area contributed by atoms with Crippen LogP contribution in [0.2, 0.25) is 0 Å². The normalized spacial score (nSPS) is 17.8. The number of rotatable bonds is 4. The van der Waals surface area contributed by atoms with E-state index in [4.69, 9.17) is 0 Å². The average molecular weight is 459 g/mol. The lowest BCUT2D eigenvalue weighted by Crippen LogP contribution is -2.25. The molecule has 1 aliphatic heterocycles. The fourth-order valence-corrected chi connectivity index (χ4v) is 5.97. The quantitative estimate of drug-likeness (QED) is 0.303. The monoisotopic (exact) mass is 458 g/mol. The van der Waals surface area contributed by atoms with Gasteiger partial charge in [-0.05, 0) is 74.9 Å². The topological polar surface area (TPSA) is 6.48 Å². The van der Waals surface area contributed by atoms with E-state index >= 15 is 0 Å². The molecule has 1 fully saturated rings. The summed E-state index contributed by atoms with van der Waals surface area (Å²) in [7, 11) is 0. The second-order valence-corrected chi connectivity index (χ2v) is 10.0. The molecule has 0 unspecified atom stereocenters. The van der Waals surface area contributed by atoms with E-state index in [1.807, 2.05) is 0 Å². The molecule has 0 aromatic heterocycles. The van der Waals surface area contributed by atoms with Gasteiger partial charge in [0, 0.05) is 11.4 Å². The summed E-state index contributed by atoms with van der Waals surface area (Å²) in [6.07, 6.45) is 0. The number of benzene rings is 4. The first kappa shape index (κ1) is 23.2. The first-order valence-corrected chi connectivity index (χ1v) is 12.5. The van der Waals surface area contributed by atoms with Crippen molar-refractivity contribution in [3.8, 4) is 0 Å². The molecule has 1 saturated heterocycles. The van der Waals surface area contributed by atoms with Crippen LogP contribution in [0.4, 0.5) is 11.4 Å². The van der Waals surface area contributed by atoms with E-state index in [2.05, 4.69) is 143 Å². The van der Waals surface area contributed by atoms with Gasteiger partial charge in [-0.2, -0.15) is 0 Å². The van der Waals surface area contributed by atoms with E-state index in [1.54, 1.807) is 0 Å². The van der Waals surface area contributed by atoms with E-state index in [9.17, 15) is 0 Å². The van der Waals surface area contributed by atoms with Crippen molar-refractivity contribution >= 4 is 11.4 Å². The van der Waals surface area contributed by atoms with Gasteiger partial charge in [-0.3, -0.25) is 0 Å². The maximum atomic E-state index is 3.89. The van der Waals surface area contributed by atoms with E-state index in [-0.39, 0.29) is 12.1 Å². The fourth-order valence-electron chi connectivity index (χ4n) is 5.97. The highest BCUT2D eigenvalue weighted by Gasteiger charge is 2.45. The minimum Gasteiger partial charge on any atom is -0.331 e. The highest BCUT2D eigenvalue weighted by Crippen LogP contribution is 2.52. The predicted molar refractivity (Wildman–Crippen MR) is 148 cm³/mol. The molecule has 2 atom stereocenters. The van der Waals surface area contributed by atoms with Crippen molar-refractivity contribution in [2.75, 3.05) is 9.80 Å². The molecule has 0 saturated carbocycles. The fraction of sp³-hybridized carbons (Fsp3) is 0.242. The van der Waals surface area contributed by atoms with Crippen LogP contribution in [-0.4, -0.2) is 0 Å². The largest absolute Gasteiger partial charge is 0.331 e. The molecule has 2 heteroatoms. The lowest BCUT2D eigenvalue weighted by molar-refractivity contribution is 0.616. The standard InChI is InChI=1S/C33H34N2/c1-22-17-24(3)30(25(4)18-22)34-21-35(31-26(5)19-23(2)20-27(31)6)33(29-15-11-8-12-16-29)32(34)28-13-9-7-10-14-28/h7-20,32-33H,1-6H3/t32-,33-/m0/s1. The zero-order valence-corrected chi connectivity index (χ0v) is 21.6. The summed E-state index contributed by atoms with van der Waals surface area (Å²) >= 11 is 0. The molecule has 0 aliphatic carbocycles. The highest BCUT2D eigenvalue weighted by atomic mass is 15.4. The zero-order valence-electron chi connectivity index (χ0n) is 21.6. The Balaban J connectivity index is 1.78. The van der Waals surface area contributed by atoms with Gasteiger partial charge in [-0.25, -0.2) is 0 Å². The van der Waals surface area contributed by atoms with Crippen LogP contribution in [0.15, 0.2) is 84.9 Å². The van der Waals surface area contributed by atoms with Gasteiger partial charge in [0.15, 0.2) is 0 Å². The second kappa shape index (κ2) is 9.26. The Morgan fingerprint density at radius 1 is 0.486 bits per heavy atom. The Labute approximate surface area is 210 Å². The van der Waals surface area contributed by atoms with Gasteiger partial charge in [0.05, 0.1) is 12.1 Å². The van der Waals surface area contributed by atoms with Crippen molar-refractivity contribution in [2.24, 2.45) is 0 Å². The van der Waals surface area contributed by atoms with E-state index < -0.39 is 0 Å². The van der Waals surface area contributed by atoms with Gasteiger partial charge in [-0.1, -0.05) is 96.1 Å². The third kappa shape index (κ3) is 4.23. The molecular weight excluding hydrogens is 424 g/mol. The first-order chi connectivity index (χ1) is 16.8. The molecule has 1 heterocycles. The first-order valence-electron chi connectivity index (χ1n) is 12.5. The Hall–Kier alpha value is -3.52. The zero-order chi connectivity index (χ0) is 24.7. The van der Waals surface area contributed by atoms with Crippen molar-refractivity contribution in [3.05, 3.63) is 136 Å². The van der Waals surface area contributed by atoms with Crippen molar-refractivity contribution < 1.29 is 0 Å². The SMILES string of the molecule is Cc1cc(C)c(N2[C]N(c3c(C)cc(C)cc3C)[C@@H](c3ccccc3)[C@@H]2c2ccccc2)c(C)c1. The Morgan fingerprint density at radius 2 is 0.800 bits per heavy atom. The van der Waals surface area contributed by atoms with Gasteiger partial charge in [0.25, 0.3) is 0 Å². The van der Waals surface area contributed by atoms with Gasteiger partial charge in [-0.15, -0.1) is 0 Å². The molecule has 4 aromatic rings. The lowest BCUT2D eigenvalue weighted by atomic mass is 9.91. The third-order valence-corrected chi connectivity index (χ3v) is 7.11. The molecule has 2 radical (unpaired) electrons. The van der Waals surface area contributed by atoms with Crippen molar-refractivity contribution in [3.63, 3.8) is 0 Å². The minimum atomic E-state index is 0.0822. The summed E-state index contributed by atoms with van der Waals surface area (Å²) in [4.78, 5) is 4.80. The summed E-state index contributed by atoms with van der Waals surface area (Å²) in [6.45, 7) is 17.1. The lowest BCUT2D eigenvalue weighted by Gasteiger charge is -2.32. The molecule has 0 bridgehead atoms. The molecule has 4 aromatic carbocycles. The average Bonchev–Trinajstić information content (AvgIpc) is 3.18. The van der Waals surface area contributed by atoms with Crippen LogP contribution < -0.4 is 9.80 Å². The number of nitrogens with zero attached hydrogens (tertiary/aromatic N) is 2. The number of hydrogen-bond acceptors (Lipinski definition) is 2. The smallest absolute Gasteiger partial charge is 0.210 e. The molecule has 0 spiro atoms. The van der Waals surface area contributed by atoms with Crippen molar-refractivity contribution in [2.45, 2.75) is 53.6 Å². The van der Waals surface area contributed by atoms with Gasteiger partial charge in [0.1, 0.15) is 0 Å². The summed E-state index contributed by atoms with van der Waals surface area (Å²) in [5.41, 5.74) is 12.8. The second-order valence-electron chi connectivity index (χ2n) is 10.0. The third-order valence-electron chi connectivity index (χ3n) is 7.11.